The van der Waals surface area contributed by atoms with Gasteiger partial charge in [0, 0.05) is 6.42 Å². The van der Waals surface area contributed by atoms with Crippen LogP contribution in [-0.2, 0) is 16.0 Å². The molecular weight excluding hydrogens is 268 g/mol. The van der Waals surface area contributed by atoms with Crippen LogP contribution in [0.3, 0.4) is 0 Å². The number of carboxylic acids is 1. The first kappa shape index (κ1) is 16.1. The third kappa shape index (κ3) is 4.29. The second-order valence-corrected chi connectivity index (χ2v) is 4.84. The van der Waals surface area contributed by atoms with E-state index in [-0.39, 0.29) is 24.3 Å². The van der Waals surface area contributed by atoms with E-state index in [2.05, 4.69) is 5.32 Å². The molecule has 1 rings (SSSR count). The van der Waals surface area contributed by atoms with Crippen LogP contribution >= 0.6 is 0 Å². The first-order valence-electron chi connectivity index (χ1n) is 6.28. The Morgan fingerprint density at radius 2 is 1.95 bits per heavy atom. The topological polar surface area (TPSA) is 66.4 Å². The lowest BCUT2D eigenvalue weighted by atomic mass is 10.0. The van der Waals surface area contributed by atoms with Crippen LogP contribution in [0.5, 0.6) is 0 Å². The number of carbonyl (C=O) groups is 2. The van der Waals surface area contributed by atoms with E-state index in [0.717, 1.165) is 6.07 Å². The number of hydrogen-bond donors (Lipinski definition) is 2. The Hall–Kier alpha value is -1.98. The Labute approximate surface area is 115 Å². The van der Waals surface area contributed by atoms with Crippen molar-refractivity contribution in [3.8, 4) is 0 Å². The summed E-state index contributed by atoms with van der Waals surface area (Å²) < 4.78 is 26.3. The number of nitrogens with one attached hydrogen (secondary N) is 1. The van der Waals surface area contributed by atoms with Gasteiger partial charge in [0.15, 0.2) is 11.6 Å². The number of aliphatic carboxylic acids is 1. The number of hydrogen-bond acceptors (Lipinski definition) is 2. The zero-order valence-electron chi connectivity index (χ0n) is 11.3. The maximum atomic E-state index is 13.4. The molecular formula is C14H17F2NO3. The summed E-state index contributed by atoms with van der Waals surface area (Å²) in [6.45, 7) is 3.34. The molecule has 0 aromatic heterocycles. The molecule has 1 aromatic carbocycles. The van der Waals surface area contributed by atoms with Crippen molar-refractivity contribution in [2.24, 2.45) is 5.92 Å². The molecule has 1 amide bonds. The molecule has 20 heavy (non-hydrogen) atoms. The average molecular weight is 285 g/mol. The lowest BCUT2D eigenvalue weighted by Gasteiger charge is -2.17. The highest BCUT2D eigenvalue weighted by atomic mass is 19.2. The Bertz CT molecular complexity index is 503. The van der Waals surface area contributed by atoms with Gasteiger partial charge >= 0.3 is 5.97 Å². The number of rotatable bonds is 6. The van der Waals surface area contributed by atoms with Crippen molar-refractivity contribution in [2.45, 2.75) is 32.7 Å². The zero-order chi connectivity index (χ0) is 15.3. The van der Waals surface area contributed by atoms with Crippen LogP contribution in [0.4, 0.5) is 8.78 Å². The molecule has 1 aromatic rings. The fraction of sp³-hybridized carbons (Fsp3) is 0.429. The van der Waals surface area contributed by atoms with Crippen LogP contribution in [-0.4, -0.2) is 23.0 Å². The van der Waals surface area contributed by atoms with Gasteiger partial charge in [-0.05, 0) is 24.0 Å². The van der Waals surface area contributed by atoms with Crippen LogP contribution in [0.15, 0.2) is 18.2 Å². The summed E-state index contributed by atoms with van der Waals surface area (Å²) in [5, 5.41) is 11.3. The van der Waals surface area contributed by atoms with E-state index in [1.54, 1.807) is 13.8 Å². The monoisotopic (exact) mass is 285 g/mol. The van der Waals surface area contributed by atoms with E-state index in [1.165, 1.54) is 12.1 Å². The molecule has 0 aliphatic heterocycles. The molecule has 1 atom stereocenters. The quantitative estimate of drug-likeness (QED) is 0.841. The molecule has 6 heteroatoms. The minimum Gasteiger partial charge on any atom is -0.480 e. The highest BCUT2D eigenvalue weighted by Crippen LogP contribution is 2.13. The molecule has 2 N–H and O–H groups in total. The van der Waals surface area contributed by atoms with Gasteiger partial charge in [-0.25, -0.2) is 13.6 Å². The minimum absolute atomic E-state index is 0.0138. The van der Waals surface area contributed by atoms with Gasteiger partial charge in [0.05, 0.1) is 0 Å². The minimum atomic E-state index is -1.12. The smallest absolute Gasteiger partial charge is 0.326 e. The lowest BCUT2D eigenvalue weighted by molar-refractivity contribution is -0.143. The van der Waals surface area contributed by atoms with E-state index in [1.807, 2.05) is 0 Å². The van der Waals surface area contributed by atoms with Crippen molar-refractivity contribution in [3.63, 3.8) is 0 Å². The van der Waals surface area contributed by atoms with Crippen molar-refractivity contribution in [2.75, 3.05) is 0 Å². The molecule has 0 heterocycles. The number of aryl methyl sites for hydroxylation is 1. The summed E-state index contributed by atoms with van der Waals surface area (Å²) in [4.78, 5) is 22.6. The van der Waals surface area contributed by atoms with Gasteiger partial charge in [-0.3, -0.25) is 4.79 Å². The third-order valence-electron chi connectivity index (χ3n) is 2.90. The van der Waals surface area contributed by atoms with Gasteiger partial charge in [-0.1, -0.05) is 26.0 Å². The van der Waals surface area contributed by atoms with Gasteiger partial charge in [0.25, 0.3) is 0 Å². The van der Waals surface area contributed by atoms with Crippen molar-refractivity contribution >= 4 is 11.9 Å². The van der Waals surface area contributed by atoms with Gasteiger partial charge in [-0.2, -0.15) is 0 Å². The molecule has 0 radical (unpaired) electrons. The first-order valence-corrected chi connectivity index (χ1v) is 6.28. The Morgan fingerprint density at radius 3 is 2.50 bits per heavy atom. The highest BCUT2D eigenvalue weighted by molar-refractivity contribution is 5.83. The SMILES string of the molecule is CC(C)C(NC(=O)CCc1cccc(F)c1F)C(=O)O. The number of halogens is 2. The molecule has 0 saturated carbocycles. The lowest BCUT2D eigenvalue weighted by Crippen LogP contribution is -2.44. The number of carbonyl (C=O) groups excluding carboxylic acids is 1. The van der Waals surface area contributed by atoms with E-state index < -0.39 is 29.6 Å². The average Bonchev–Trinajstić information content (AvgIpc) is 2.37. The summed E-state index contributed by atoms with van der Waals surface area (Å²) in [7, 11) is 0. The predicted octanol–water partition coefficient (Wildman–Crippen LogP) is 2.12. The Morgan fingerprint density at radius 1 is 1.30 bits per heavy atom. The van der Waals surface area contributed by atoms with Crippen molar-refractivity contribution < 1.29 is 23.5 Å². The summed E-state index contributed by atoms with van der Waals surface area (Å²) >= 11 is 0. The highest BCUT2D eigenvalue weighted by Gasteiger charge is 2.23. The molecule has 0 saturated heterocycles. The molecule has 0 bridgehead atoms. The van der Waals surface area contributed by atoms with Crippen LogP contribution < -0.4 is 5.32 Å². The maximum absolute atomic E-state index is 13.4. The normalized spacial score (nSPS) is 12.2. The molecule has 1 unspecified atom stereocenters. The second kappa shape index (κ2) is 6.98. The van der Waals surface area contributed by atoms with Crippen LogP contribution in [0.1, 0.15) is 25.8 Å². The van der Waals surface area contributed by atoms with E-state index >= 15 is 0 Å². The molecule has 0 aliphatic carbocycles. The number of carboxylic acid groups (broad SMARTS) is 1. The first-order chi connectivity index (χ1) is 9.32. The fourth-order valence-electron chi connectivity index (χ4n) is 1.75. The standard InChI is InChI=1S/C14H17F2NO3/c1-8(2)13(14(19)20)17-11(18)7-6-9-4-3-5-10(15)12(9)16/h3-5,8,13H,6-7H2,1-2H3,(H,17,18)(H,19,20). The third-order valence-corrected chi connectivity index (χ3v) is 2.90. The van der Waals surface area contributed by atoms with Crippen molar-refractivity contribution in [1.82, 2.24) is 5.32 Å². The molecule has 0 spiro atoms. The maximum Gasteiger partial charge on any atom is 0.326 e. The number of amides is 1. The molecule has 4 nitrogen and oxygen atoms in total. The summed E-state index contributed by atoms with van der Waals surface area (Å²) in [6.07, 6.45) is -0.0866. The van der Waals surface area contributed by atoms with E-state index in [9.17, 15) is 18.4 Å². The summed E-state index contributed by atoms with van der Waals surface area (Å²) in [6, 6.07) is 2.76. The van der Waals surface area contributed by atoms with Crippen molar-refractivity contribution in [1.29, 1.82) is 0 Å². The zero-order valence-corrected chi connectivity index (χ0v) is 11.3. The summed E-state index contributed by atoms with van der Waals surface area (Å²) in [5.41, 5.74) is 0.0940. The van der Waals surface area contributed by atoms with Gasteiger partial charge in [-0.15, -0.1) is 0 Å². The van der Waals surface area contributed by atoms with Gasteiger partial charge in [0.1, 0.15) is 6.04 Å². The van der Waals surface area contributed by atoms with E-state index in [0.29, 0.717) is 0 Å². The summed E-state index contributed by atoms with van der Waals surface area (Å²) in [5.74, 6) is -3.82. The van der Waals surface area contributed by atoms with Gasteiger partial charge in [0.2, 0.25) is 5.91 Å². The molecule has 110 valence electrons. The molecule has 0 aliphatic rings. The van der Waals surface area contributed by atoms with Crippen LogP contribution in [0.2, 0.25) is 0 Å². The largest absolute Gasteiger partial charge is 0.480 e. The molecule has 0 fully saturated rings. The second-order valence-electron chi connectivity index (χ2n) is 4.84. The van der Waals surface area contributed by atoms with Crippen molar-refractivity contribution in [3.05, 3.63) is 35.4 Å². The van der Waals surface area contributed by atoms with Crippen LogP contribution in [0, 0.1) is 17.6 Å². The Balaban J connectivity index is 2.59. The Kier molecular flexibility index (Phi) is 5.61. The fourth-order valence-corrected chi connectivity index (χ4v) is 1.75. The predicted molar refractivity (Wildman–Crippen MR) is 69.1 cm³/mol. The van der Waals surface area contributed by atoms with E-state index in [4.69, 9.17) is 5.11 Å². The van der Waals surface area contributed by atoms with Crippen LogP contribution in [0.25, 0.3) is 0 Å². The van der Waals surface area contributed by atoms with Gasteiger partial charge < -0.3 is 10.4 Å². The number of benzene rings is 1.